The van der Waals surface area contributed by atoms with E-state index in [1.165, 1.54) is 12.4 Å². The first-order chi connectivity index (χ1) is 10.7. The summed E-state index contributed by atoms with van der Waals surface area (Å²) in [5.41, 5.74) is 1.82. The molecule has 0 saturated heterocycles. The standard InChI is InChI=1S/2C9H7NO.Cu/c2*11-8-5-7-3-1-2-4-9(7)10-6-8;/h2*1-6,11H;. The predicted molar refractivity (Wildman–Crippen MR) is 86.8 cm³/mol. The summed E-state index contributed by atoms with van der Waals surface area (Å²) in [5, 5.41) is 20.1. The van der Waals surface area contributed by atoms with E-state index in [4.69, 9.17) is 10.2 Å². The normalized spacial score (nSPS) is 9.74. The van der Waals surface area contributed by atoms with E-state index in [0.717, 1.165) is 21.8 Å². The topological polar surface area (TPSA) is 66.2 Å². The fraction of sp³-hybridized carbons (Fsp3) is 0. The molecule has 4 rings (SSSR count). The van der Waals surface area contributed by atoms with Crippen LogP contribution in [-0.2, 0) is 17.1 Å². The molecule has 0 atom stereocenters. The van der Waals surface area contributed by atoms with Crippen LogP contribution in [0.1, 0.15) is 0 Å². The molecule has 4 aromatic rings. The van der Waals surface area contributed by atoms with Crippen LogP contribution in [0.5, 0.6) is 11.5 Å². The Labute approximate surface area is 143 Å². The molecule has 2 heterocycles. The van der Waals surface area contributed by atoms with Crippen LogP contribution in [-0.4, -0.2) is 20.2 Å². The number of para-hydroxylation sites is 2. The molecule has 119 valence electrons. The number of benzene rings is 2. The number of hydrogen-bond acceptors (Lipinski definition) is 4. The van der Waals surface area contributed by atoms with E-state index in [1.54, 1.807) is 12.1 Å². The van der Waals surface area contributed by atoms with E-state index in [2.05, 4.69) is 9.97 Å². The number of rotatable bonds is 0. The first-order valence-electron chi connectivity index (χ1n) is 6.80. The quantitative estimate of drug-likeness (QED) is 0.471. The van der Waals surface area contributed by atoms with E-state index < -0.39 is 0 Å². The fourth-order valence-corrected chi connectivity index (χ4v) is 2.12. The Bertz CT molecular complexity index is 851. The van der Waals surface area contributed by atoms with E-state index >= 15 is 0 Å². The van der Waals surface area contributed by atoms with Crippen molar-refractivity contribution in [3.63, 3.8) is 0 Å². The molecule has 0 aliphatic carbocycles. The van der Waals surface area contributed by atoms with Gasteiger partial charge in [0, 0.05) is 27.8 Å². The van der Waals surface area contributed by atoms with Gasteiger partial charge in [0.15, 0.2) is 0 Å². The molecule has 0 fully saturated rings. The van der Waals surface area contributed by atoms with Crippen molar-refractivity contribution < 1.29 is 27.3 Å². The monoisotopic (exact) mass is 353 g/mol. The summed E-state index contributed by atoms with van der Waals surface area (Å²) in [4.78, 5) is 8.06. The zero-order valence-electron chi connectivity index (χ0n) is 12.0. The SMILES string of the molecule is Oc1cnc2ccccc2c1.Oc1cnc2ccccc2c1.[Cu]. The van der Waals surface area contributed by atoms with Gasteiger partial charge < -0.3 is 10.2 Å². The first kappa shape index (κ1) is 16.7. The molecule has 0 aliphatic heterocycles. The number of hydrogen-bond donors (Lipinski definition) is 2. The third-order valence-corrected chi connectivity index (χ3v) is 3.15. The van der Waals surface area contributed by atoms with Gasteiger partial charge in [0.1, 0.15) is 11.5 Å². The van der Waals surface area contributed by atoms with Crippen LogP contribution in [0, 0.1) is 0 Å². The minimum atomic E-state index is 0. The maximum absolute atomic E-state index is 9.07. The Morgan fingerprint density at radius 2 is 1.00 bits per heavy atom. The van der Waals surface area contributed by atoms with Gasteiger partial charge in [-0.15, -0.1) is 0 Å². The Balaban J connectivity index is 0.000000160. The average Bonchev–Trinajstić information content (AvgIpc) is 2.55. The Morgan fingerprint density at radius 1 is 0.609 bits per heavy atom. The molecule has 0 bridgehead atoms. The van der Waals surface area contributed by atoms with Crippen LogP contribution < -0.4 is 0 Å². The molecule has 4 nitrogen and oxygen atoms in total. The van der Waals surface area contributed by atoms with Crippen molar-refractivity contribution in [1.82, 2.24) is 9.97 Å². The maximum Gasteiger partial charge on any atom is 0.134 e. The minimum absolute atomic E-state index is 0. The number of pyridine rings is 2. The molecule has 0 aliphatic rings. The van der Waals surface area contributed by atoms with E-state index in [1.807, 2.05) is 48.5 Å². The van der Waals surface area contributed by atoms with Gasteiger partial charge in [0.25, 0.3) is 0 Å². The zero-order chi connectivity index (χ0) is 15.4. The molecule has 5 heteroatoms. The van der Waals surface area contributed by atoms with Gasteiger partial charge >= 0.3 is 0 Å². The van der Waals surface area contributed by atoms with Crippen LogP contribution in [0.3, 0.4) is 0 Å². The molecule has 0 unspecified atom stereocenters. The van der Waals surface area contributed by atoms with E-state index in [-0.39, 0.29) is 28.6 Å². The Kier molecular flexibility index (Phi) is 5.52. The third-order valence-electron chi connectivity index (χ3n) is 3.15. The molecule has 0 saturated carbocycles. The molecule has 2 N–H and O–H groups in total. The molecule has 2 aromatic heterocycles. The molecular weight excluding hydrogens is 340 g/mol. The number of nitrogens with zero attached hydrogens (tertiary/aromatic N) is 2. The second-order valence-corrected chi connectivity index (χ2v) is 4.77. The van der Waals surface area contributed by atoms with Crippen molar-refractivity contribution in [3.05, 3.63) is 73.1 Å². The molecule has 0 amide bonds. The summed E-state index contributed by atoms with van der Waals surface area (Å²) in [6.45, 7) is 0. The van der Waals surface area contributed by atoms with Gasteiger partial charge in [-0.2, -0.15) is 0 Å². The Hall–Kier alpha value is -2.62. The maximum atomic E-state index is 9.07. The molecule has 0 spiro atoms. The van der Waals surface area contributed by atoms with Crippen molar-refractivity contribution in [2.24, 2.45) is 0 Å². The largest absolute Gasteiger partial charge is 0.506 e. The second-order valence-electron chi connectivity index (χ2n) is 4.77. The van der Waals surface area contributed by atoms with Crippen LogP contribution in [0.2, 0.25) is 0 Å². The van der Waals surface area contributed by atoms with Crippen LogP contribution in [0.4, 0.5) is 0 Å². The zero-order valence-corrected chi connectivity index (χ0v) is 13.0. The summed E-state index contributed by atoms with van der Waals surface area (Å²) >= 11 is 0. The number of aromatic hydroxyl groups is 2. The van der Waals surface area contributed by atoms with Crippen LogP contribution in [0.25, 0.3) is 21.8 Å². The summed E-state index contributed by atoms with van der Waals surface area (Å²) in [6, 6.07) is 18.7. The summed E-state index contributed by atoms with van der Waals surface area (Å²) in [5.74, 6) is 0.424. The van der Waals surface area contributed by atoms with Crippen molar-refractivity contribution in [1.29, 1.82) is 0 Å². The summed E-state index contributed by atoms with van der Waals surface area (Å²) < 4.78 is 0. The molecule has 1 radical (unpaired) electrons. The average molecular weight is 354 g/mol. The van der Waals surface area contributed by atoms with Gasteiger partial charge in [0.2, 0.25) is 0 Å². The smallest absolute Gasteiger partial charge is 0.134 e. The predicted octanol–water partition coefficient (Wildman–Crippen LogP) is 3.88. The fourth-order valence-electron chi connectivity index (χ4n) is 2.12. The van der Waals surface area contributed by atoms with Gasteiger partial charge in [-0.3, -0.25) is 9.97 Å². The van der Waals surface area contributed by atoms with Crippen LogP contribution in [0.15, 0.2) is 73.1 Å². The molecular formula is C18H14CuN2O2. The van der Waals surface area contributed by atoms with Crippen molar-refractivity contribution in [2.45, 2.75) is 0 Å². The first-order valence-corrected chi connectivity index (χ1v) is 6.80. The minimum Gasteiger partial charge on any atom is -0.506 e. The van der Waals surface area contributed by atoms with Crippen LogP contribution >= 0.6 is 0 Å². The van der Waals surface area contributed by atoms with Crippen molar-refractivity contribution >= 4 is 21.8 Å². The van der Waals surface area contributed by atoms with Gasteiger partial charge in [-0.05, 0) is 24.3 Å². The van der Waals surface area contributed by atoms with Crippen molar-refractivity contribution in [3.8, 4) is 11.5 Å². The Morgan fingerprint density at radius 3 is 1.43 bits per heavy atom. The number of aromatic nitrogens is 2. The third kappa shape index (κ3) is 4.19. The van der Waals surface area contributed by atoms with Gasteiger partial charge in [0.05, 0.1) is 23.4 Å². The van der Waals surface area contributed by atoms with E-state index in [0.29, 0.717) is 0 Å². The van der Waals surface area contributed by atoms with Gasteiger partial charge in [-0.1, -0.05) is 36.4 Å². The van der Waals surface area contributed by atoms with Gasteiger partial charge in [-0.25, -0.2) is 0 Å². The summed E-state index contributed by atoms with van der Waals surface area (Å²) in [6.07, 6.45) is 2.89. The second kappa shape index (κ2) is 7.58. The van der Waals surface area contributed by atoms with E-state index in [9.17, 15) is 0 Å². The summed E-state index contributed by atoms with van der Waals surface area (Å²) in [7, 11) is 0. The molecule has 2 aromatic carbocycles. The number of fused-ring (bicyclic) bond motifs is 2. The van der Waals surface area contributed by atoms with Crippen molar-refractivity contribution in [2.75, 3.05) is 0 Å². The molecule has 23 heavy (non-hydrogen) atoms.